The van der Waals surface area contributed by atoms with Gasteiger partial charge >= 0.3 is 0 Å². The largest absolute Gasteiger partial charge is 0.354 e. The number of nitrogens with zero attached hydrogens (tertiary/aromatic N) is 2. The average Bonchev–Trinajstić information content (AvgIpc) is 3.23. The Labute approximate surface area is 163 Å². The summed E-state index contributed by atoms with van der Waals surface area (Å²) >= 11 is 0. The second-order valence-electron chi connectivity index (χ2n) is 7.45. The van der Waals surface area contributed by atoms with Gasteiger partial charge in [0.2, 0.25) is 5.91 Å². The van der Waals surface area contributed by atoms with Crippen LogP contribution in [0.15, 0.2) is 30.5 Å². The molecule has 0 aliphatic carbocycles. The van der Waals surface area contributed by atoms with Crippen molar-refractivity contribution in [1.29, 1.82) is 0 Å². The van der Waals surface area contributed by atoms with Gasteiger partial charge in [0.25, 0.3) is 5.91 Å². The van der Waals surface area contributed by atoms with E-state index in [0.717, 1.165) is 53.9 Å². The first-order valence-electron chi connectivity index (χ1n) is 9.75. The van der Waals surface area contributed by atoms with Crippen LogP contribution >= 0.6 is 0 Å². The molecular formula is C21H25N5O2. The third-order valence-corrected chi connectivity index (χ3v) is 5.21. The van der Waals surface area contributed by atoms with Crippen molar-refractivity contribution < 1.29 is 9.59 Å². The number of carbonyl (C=O) groups excluding carboxylic acids is 2. The van der Waals surface area contributed by atoms with E-state index in [1.807, 2.05) is 31.2 Å². The molecule has 0 saturated carbocycles. The van der Waals surface area contributed by atoms with E-state index >= 15 is 0 Å². The van der Waals surface area contributed by atoms with Crippen LogP contribution in [0.25, 0.3) is 10.9 Å². The lowest BCUT2D eigenvalue weighted by Crippen LogP contribution is -2.32. The van der Waals surface area contributed by atoms with E-state index in [1.54, 1.807) is 6.20 Å². The number of aryl methyl sites for hydroxylation is 1. The van der Waals surface area contributed by atoms with Crippen LogP contribution in [0.1, 0.15) is 48.6 Å². The molecule has 0 unspecified atom stereocenters. The summed E-state index contributed by atoms with van der Waals surface area (Å²) in [4.78, 5) is 32.2. The lowest BCUT2D eigenvalue weighted by Gasteiger charge is -2.17. The van der Waals surface area contributed by atoms with Gasteiger partial charge < -0.3 is 20.2 Å². The molecule has 0 radical (unpaired) electrons. The number of fused-ring (bicyclic) bond motifs is 2. The molecule has 0 spiro atoms. The zero-order valence-electron chi connectivity index (χ0n) is 16.2. The average molecular weight is 379 g/mol. The normalized spacial score (nSPS) is 14.5. The van der Waals surface area contributed by atoms with Gasteiger partial charge in [-0.15, -0.1) is 0 Å². The summed E-state index contributed by atoms with van der Waals surface area (Å²) in [6.45, 7) is 4.32. The second-order valence-corrected chi connectivity index (χ2v) is 7.45. The van der Waals surface area contributed by atoms with Crippen molar-refractivity contribution in [2.75, 3.05) is 5.32 Å². The predicted octanol–water partition coefficient (Wildman–Crippen LogP) is 3.02. The second kappa shape index (κ2) is 7.50. The van der Waals surface area contributed by atoms with Crippen LogP contribution in [0.2, 0.25) is 0 Å². The zero-order chi connectivity index (χ0) is 19.7. The number of amides is 2. The number of aromatic nitrogens is 3. The maximum Gasteiger partial charge on any atom is 0.273 e. The first kappa shape index (κ1) is 18.3. The number of rotatable bonds is 5. The summed E-state index contributed by atoms with van der Waals surface area (Å²) in [7, 11) is 0. The number of nitrogens with one attached hydrogen (secondary N) is 3. The van der Waals surface area contributed by atoms with Gasteiger partial charge in [-0.3, -0.25) is 9.59 Å². The Morgan fingerprint density at radius 2 is 2.11 bits per heavy atom. The smallest absolute Gasteiger partial charge is 0.273 e. The Morgan fingerprint density at radius 1 is 1.29 bits per heavy atom. The van der Waals surface area contributed by atoms with E-state index in [0.29, 0.717) is 12.1 Å². The van der Waals surface area contributed by atoms with Gasteiger partial charge in [0.15, 0.2) is 0 Å². The number of benzene rings is 1. The molecule has 3 N–H and O–H groups in total. The lowest BCUT2D eigenvalue weighted by molar-refractivity contribution is -0.119. The minimum Gasteiger partial charge on any atom is -0.354 e. The molecule has 3 heterocycles. The van der Waals surface area contributed by atoms with E-state index < -0.39 is 0 Å². The SMILES string of the molecule is CC(=O)N[C@H](C)Cc1c(C(=O)Nc2cnc3n2CCCC3)[nH]c2ccccc12. The number of anilines is 1. The predicted molar refractivity (Wildman–Crippen MR) is 108 cm³/mol. The molecule has 2 aromatic heterocycles. The van der Waals surface area contributed by atoms with E-state index in [2.05, 4.69) is 25.2 Å². The summed E-state index contributed by atoms with van der Waals surface area (Å²) in [6, 6.07) is 7.77. The summed E-state index contributed by atoms with van der Waals surface area (Å²) in [5.74, 6) is 1.50. The fraction of sp³-hybridized carbons (Fsp3) is 0.381. The highest BCUT2D eigenvalue weighted by molar-refractivity contribution is 6.07. The van der Waals surface area contributed by atoms with Crippen LogP contribution in [0.4, 0.5) is 5.82 Å². The molecule has 7 nitrogen and oxygen atoms in total. The Morgan fingerprint density at radius 3 is 2.93 bits per heavy atom. The number of H-pyrrole nitrogens is 1. The van der Waals surface area contributed by atoms with Crippen LogP contribution in [-0.4, -0.2) is 32.4 Å². The monoisotopic (exact) mass is 379 g/mol. The maximum atomic E-state index is 13.1. The van der Waals surface area contributed by atoms with Crippen molar-refractivity contribution >= 4 is 28.5 Å². The first-order chi connectivity index (χ1) is 13.5. The molecule has 7 heteroatoms. The van der Waals surface area contributed by atoms with E-state index in [1.165, 1.54) is 6.92 Å². The van der Waals surface area contributed by atoms with Crippen LogP contribution < -0.4 is 10.6 Å². The highest BCUT2D eigenvalue weighted by atomic mass is 16.2. The number of hydrogen-bond donors (Lipinski definition) is 3. The molecule has 0 fully saturated rings. The summed E-state index contributed by atoms with van der Waals surface area (Å²) in [5, 5.41) is 6.92. The third kappa shape index (κ3) is 3.52. The first-order valence-corrected chi connectivity index (χ1v) is 9.75. The summed E-state index contributed by atoms with van der Waals surface area (Å²) in [6.07, 6.45) is 5.48. The molecule has 2 amide bonds. The van der Waals surface area contributed by atoms with Gasteiger partial charge in [0, 0.05) is 36.8 Å². The minimum atomic E-state index is -0.186. The van der Waals surface area contributed by atoms with Crippen molar-refractivity contribution in [2.24, 2.45) is 0 Å². The van der Waals surface area contributed by atoms with Gasteiger partial charge in [-0.25, -0.2) is 4.98 Å². The van der Waals surface area contributed by atoms with Gasteiger partial charge in [0.1, 0.15) is 17.3 Å². The Bertz CT molecular complexity index is 1030. The van der Waals surface area contributed by atoms with Gasteiger partial charge in [-0.05, 0) is 37.8 Å². The number of imidazole rings is 1. The molecule has 0 saturated heterocycles. The maximum absolute atomic E-state index is 13.1. The number of hydrogen-bond acceptors (Lipinski definition) is 3. The number of para-hydroxylation sites is 1. The molecule has 3 aromatic rings. The van der Waals surface area contributed by atoms with Gasteiger partial charge in [0.05, 0.1) is 6.20 Å². The molecular weight excluding hydrogens is 354 g/mol. The molecule has 146 valence electrons. The molecule has 0 bridgehead atoms. The van der Waals surface area contributed by atoms with Crippen molar-refractivity contribution in [3.05, 3.63) is 47.5 Å². The van der Waals surface area contributed by atoms with Crippen LogP contribution in [0.5, 0.6) is 0 Å². The van der Waals surface area contributed by atoms with E-state index in [-0.39, 0.29) is 17.9 Å². The van der Waals surface area contributed by atoms with Crippen LogP contribution in [0.3, 0.4) is 0 Å². The zero-order valence-corrected chi connectivity index (χ0v) is 16.2. The quantitative estimate of drug-likeness (QED) is 0.636. The molecule has 28 heavy (non-hydrogen) atoms. The highest BCUT2D eigenvalue weighted by Gasteiger charge is 2.22. The Kier molecular flexibility index (Phi) is 4.90. The topological polar surface area (TPSA) is 91.8 Å². The van der Waals surface area contributed by atoms with Crippen molar-refractivity contribution in [3.63, 3.8) is 0 Å². The number of carbonyl (C=O) groups is 2. The summed E-state index contributed by atoms with van der Waals surface area (Å²) in [5.41, 5.74) is 2.35. The van der Waals surface area contributed by atoms with Crippen molar-refractivity contribution in [2.45, 2.75) is 52.1 Å². The van der Waals surface area contributed by atoms with Gasteiger partial charge in [-0.1, -0.05) is 18.2 Å². The Balaban J connectivity index is 1.65. The van der Waals surface area contributed by atoms with Crippen LogP contribution in [-0.2, 0) is 24.2 Å². The minimum absolute atomic E-state index is 0.0778. The molecule has 1 aliphatic rings. The van der Waals surface area contributed by atoms with Crippen molar-refractivity contribution in [1.82, 2.24) is 19.9 Å². The van der Waals surface area contributed by atoms with Gasteiger partial charge in [-0.2, -0.15) is 0 Å². The molecule has 1 aliphatic heterocycles. The fourth-order valence-corrected chi connectivity index (χ4v) is 4.00. The molecule has 1 aromatic carbocycles. The Hall–Kier alpha value is -3.09. The molecule has 1 atom stereocenters. The van der Waals surface area contributed by atoms with Crippen molar-refractivity contribution in [3.8, 4) is 0 Å². The van der Waals surface area contributed by atoms with E-state index in [9.17, 15) is 9.59 Å². The number of aromatic amines is 1. The van der Waals surface area contributed by atoms with Crippen LogP contribution in [0, 0.1) is 0 Å². The lowest BCUT2D eigenvalue weighted by atomic mass is 10.0. The van der Waals surface area contributed by atoms with E-state index in [4.69, 9.17) is 0 Å². The highest BCUT2D eigenvalue weighted by Crippen LogP contribution is 2.26. The fourth-order valence-electron chi connectivity index (χ4n) is 4.00. The summed E-state index contributed by atoms with van der Waals surface area (Å²) < 4.78 is 2.09. The molecule has 4 rings (SSSR count). The standard InChI is InChI=1S/C21H25N5O2/c1-13(23-14(2)27)11-16-15-7-3-4-8-17(15)24-20(16)21(28)25-19-12-22-18-9-5-6-10-26(18)19/h3-4,7-8,12-13,24H,5-6,9-11H2,1-2H3,(H,23,27)(H,25,28)/t13-/m1/s1. The third-order valence-electron chi connectivity index (χ3n) is 5.21.